The average molecular weight is 266 g/mol. The van der Waals surface area contributed by atoms with Gasteiger partial charge >= 0.3 is 0 Å². The first-order valence-electron chi connectivity index (χ1n) is 6.47. The van der Waals surface area contributed by atoms with Crippen LogP contribution in [-0.2, 0) is 0 Å². The summed E-state index contributed by atoms with van der Waals surface area (Å²) in [4.78, 5) is 27.5. The van der Waals surface area contributed by atoms with Crippen LogP contribution in [-0.4, -0.2) is 45.2 Å². The highest BCUT2D eigenvalue weighted by molar-refractivity contribution is 5.94. The Kier molecular flexibility index (Phi) is 4.21. The minimum Gasteiger partial charge on any atom is -0.494 e. The second kappa shape index (κ2) is 5.88. The molecule has 1 fully saturated rings. The first kappa shape index (κ1) is 13.6. The van der Waals surface area contributed by atoms with Crippen molar-refractivity contribution >= 4 is 5.91 Å². The van der Waals surface area contributed by atoms with Crippen LogP contribution in [0, 0.1) is 0 Å². The molecule has 1 amide bonds. The third kappa shape index (κ3) is 3.14. The summed E-state index contributed by atoms with van der Waals surface area (Å²) in [6.45, 7) is 0.491. The van der Waals surface area contributed by atoms with Crippen molar-refractivity contribution in [1.29, 1.82) is 0 Å². The highest BCUT2D eigenvalue weighted by atomic mass is 16.3. The quantitative estimate of drug-likeness (QED) is 0.721. The van der Waals surface area contributed by atoms with E-state index in [1.54, 1.807) is 4.90 Å². The number of hydrogen-bond acceptors (Lipinski definition) is 4. The summed E-state index contributed by atoms with van der Waals surface area (Å²) < 4.78 is 0. The number of H-pyrrole nitrogens is 1. The van der Waals surface area contributed by atoms with Gasteiger partial charge in [0.1, 0.15) is 0 Å². The maximum atomic E-state index is 12.4. The summed E-state index contributed by atoms with van der Waals surface area (Å²) in [6.07, 6.45) is 3.50. The van der Waals surface area contributed by atoms with Gasteiger partial charge in [0, 0.05) is 31.3 Å². The van der Waals surface area contributed by atoms with Crippen molar-refractivity contribution in [1.82, 2.24) is 9.88 Å². The Labute approximate surface area is 110 Å². The lowest BCUT2D eigenvalue weighted by molar-refractivity contribution is 0.0561. The van der Waals surface area contributed by atoms with Gasteiger partial charge in [0.2, 0.25) is 0 Å². The molecule has 0 aromatic carbocycles. The molecule has 104 valence electrons. The zero-order valence-electron chi connectivity index (χ0n) is 10.6. The monoisotopic (exact) mass is 266 g/mol. The molecule has 0 bridgehead atoms. The maximum absolute atomic E-state index is 12.4. The number of carbonyl (C=O) groups is 1. The SMILES string of the molecule is O=C(c1cc(O)[nH]c(=O)c1)N(CCCO)C1CCC1. The fraction of sp³-hybridized carbons (Fsp3) is 0.538. The molecule has 3 N–H and O–H groups in total. The smallest absolute Gasteiger partial charge is 0.254 e. The van der Waals surface area contributed by atoms with Crippen LogP contribution in [0.1, 0.15) is 36.0 Å². The fourth-order valence-electron chi connectivity index (χ4n) is 2.21. The van der Waals surface area contributed by atoms with Crippen LogP contribution in [0.5, 0.6) is 5.88 Å². The van der Waals surface area contributed by atoms with Crippen molar-refractivity contribution in [2.24, 2.45) is 0 Å². The molecule has 2 rings (SSSR count). The van der Waals surface area contributed by atoms with Crippen LogP contribution >= 0.6 is 0 Å². The van der Waals surface area contributed by atoms with E-state index < -0.39 is 5.56 Å². The predicted molar refractivity (Wildman–Crippen MR) is 69.1 cm³/mol. The molecule has 1 aromatic heterocycles. The van der Waals surface area contributed by atoms with Crippen molar-refractivity contribution in [3.05, 3.63) is 28.0 Å². The van der Waals surface area contributed by atoms with E-state index in [2.05, 4.69) is 4.98 Å². The largest absolute Gasteiger partial charge is 0.494 e. The van der Waals surface area contributed by atoms with Crippen LogP contribution in [0.25, 0.3) is 0 Å². The lowest BCUT2D eigenvalue weighted by Gasteiger charge is -2.37. The number of aliphatic hydroxyl groups excluding tert-OH is 1. The summed E-state index contributed by atoms with van der Waals surface area (Å²) in [5.74, 6) is -0.578. The van der Waals surface area contributed by atoms with E-state index in [4.69, 9.17) is 5.11 Å². The standard InChI is InChI=1S/C13H18N2O4/c16-6-2-5-15(10-3-1-4-10)13(19)9-7-11(17)14-12(18)8-9/h7-8,10,16H,1-6H2,(H2,14,17,18). The molecule has 0 atom stereocenters. The van der Waals surface area contributed by atoms with Gasteiger partial charge in [0.25, 0.3) is 11.5 Å². The third-order valence-corrected chi connectivity index (χ3v) is 3.41. The predicted octanol–water partition coefficient (Wildman–Crippen LogP) is 0.458. The van der Waals surface area contributed by atoms with E-state index in [1.807, 2.05) is 0 Å². The number of carbonyl (C=O) groups excluding carboxylic acids is 1. The Morgan fingerprint density at radius 1 is 1.42 bits per heavy atom. The number of aliphatic hydroxyl groups is 1. The third-order valence-electron chi connectivity index (χ3n) is 3.41. The second-order valence-corrected chi connectivity index (χ2v) is 4.78. The zero-order valence-corrected chi connectivity index (χ0v) is 10.6. The topological polar surface area (TPSA) is 93.6 Å². The van der Waals surface area contributed by atoms with Crippen LogP contribution in [0.4, 0.5) is 0 Å². The molecule has 1 aromatic rings. The van der Waals surface area contributed by atoms with E-state index in [1.165, 1.54) is 12.1 Å². The summed E-state index contributed by atoms with van der Waals surface area (Å²) >= 11 is 0. The van der Waals surface area contributed by atoms with Crippen molar-refractivity contribution in [3.63, 3.8) is 0 Å². The summed E-state index contributed by atoms with van der Waals surface area (Å²) in [7, 11) is 0. The number of rotatable bonds is 5. The number of pyridine rings is 1. The van der Waals surface area contributed by atoms with Crippen LogP contribution < -0.4 is 5.56 Å². The van der Waals surface area contributed by atoms with Crippen molar-refractivity contribution in [3.8, 4) is 5.88 Å². The lowest BCUT2D eigenvalue weighted by atomic mass is 9.91. The van der Waals surface area contributed by atoms with Gasteiger partial charge in [-0.25, -0.2) is 0 Å². The molecule has 19 heavy (non-hydrogen) atoms. The molecule has 6 nitrogen and oxygen atoms in total. The number of amides is 1. The van der Waals surface area contributed by atoms with Crippen LogP contribution in [0.3, 0.4) is 0 Å². The molecule has 1 saturated carbocycles. The van der Waals surface area contributed by atoms with E-state index >= 15 is 0 Å². The van der Waals surface area contributed by atoms with Crippen LogP contribution in [0.15, 0.2) is 16.9 Å². The van der Waals surface area contributed by atoms with E-state index in [9.17, 15) is 14.7 Å². The molecule has 1 aliphatic carbocycles. The minimum atomic E-state index is -0.501. The van der Waals surface area contributed by atoms with Gasteiger partial charge in [-0.05, 0) is 25.7 Å². The van der Waals surface area contributed by atoms with Gasteiger partial charge in [-0.15, -0.1) is 0 Å². The van der Waals surface area contributed by atoms with Crippen molar-refractivity contribution < 1.29 is 15.0 Å². The molecule has 1 heterocycles. The Morgan fingerprint density at radius 3 is 2.68 bits per heavy atom. The van der Waals surface area contributed by atoms with Gasteiger partial charge in [-0.2, -0.15) is 0 Å². The molecular formula is C13H18N2O4. The molecule has 0 radical (unpaired) electrons. The normalized spacial score (nSPS) is 15.0. The van der Waals surface area contributed by atoms with Gasteiger partial charge in [-0.1, -0.05) is 0 Å². The highest BCUT2D eigenvalue weighted by Gasteiger charge is 2.29. The Hall–Kier alpha value is -1.82. The Morgan fingerprint density at radius 2 is 2.16 bits per heavy atom. The number of aromatic hydroxyl groups is 1. The molecule has 0 unspecified atom stereocenters. The number of aromatic amines is 1. The van der Waals surface area contributed by atoms with Gasteiger partial charge in [0.05, 0.1) is 5.56 Å². The van der Waals surface area contributed by atoms with Gasteiger partial charge < -0.3 is 15.1 Å². The lowest BCUT2D eigenvalue weighted by Crippen LogP contribution is -2.45. The number of nitrogens with one attached hydrogen (secondary N) is 1. The minimum absolute atomic E-state index is 0.0249. The van der Waals surface area contributed by atoms with E-state index in [-0.39, 0.29) is 30.0 Å². The first-order valence-corrected chi connectivity index (χ1v) is 6.47. The molecule has 0 aliphatic heterocycles. The summed E-state index contributed by atoms with van der Waals surface area (Å²) in [6, 6.07) is 2.63. The Balaban J connectivity index is 2.19. The zero-order chi connectivity index (χ0) is 13.8. The van der Waals surface area contributed by atoms with Gasteiger partial charge in [-0.3, -0.25) is 14.6 Å². The molecule has 1 aliphatic rings. The summed E-state index contributed by atoms with van der Waals surface area (Å²) in [5.41, 5.74) is -0.315. The maximum Gasteiger partial charge on any atom is 0.254 e. The first-order chi connectivity index (χ1) is 9.11. The average Bonchev–Trinajstić information content (AvgIpc) is 2.29. The number of nitrogens with zero attached hydrogens (tertiary/aromatic N) is 1. The molecule has 0 saturated heterocycles. The second-order valence-electron chi connectivity index (χ2n) is 4.78. The van der Waals surface area contributed by atoms with E-state index in [0.29, 0.717) is 13.0 Å². The van der Waals surface area contributed by atoms with Crippen molar-refractivity contribution in [2.75, 3.05) is 13.2 Å². The summed E-state index contributed by atoms with van der Waals surface area (Å²) in [5, 5.41) is 18.2. The van der Waals surface area contributed by atoms with E-state index in [0.717, 1.165) is 19.3 Å². The van der Waals surface area contributed by atoms with Crippen molar-refractivity contribution in [2.45, 2.75) is 31.7 Å². The highest BCUT2D eigenvalue weighted by Crippen LogP contribution is 2.26. The number of hydrogen-bond donors (Lipinski definition) is 3. The molecule has 6 heteroatoms. The molecule has 0 spiro atoms. The molecular weight excluding hydrogens is 248 g/mol. The van der Waals surface area contributed by atoms with Gasteiger partial charge in [0.15, 0.2) is 5.88 Å². The van der Waals surface area contributed by atoms with Crippen LogP contribution in [0.2, 0.25) is 0 Å². The fourth-order valence-corrected chi connectivity index (χ4v) is 2.21. The Bertz CT molecular complexity index is 508. The number of aromatic nitrogens is 1.